The van der Waals surface area contributed by atoms with Crippen LogP contribution in [0.25, 0.3) is 0 Å². The zero-order chi connectivity index (χ0) is 15.9. The fourth-order valence-electron chi connectivity index (χ4n) is 3.48. The Morgan fingerprint density at radius 3 is 2.36 bits per heavy atom. The molecule has 0 aliphatic heterocycles. The lowest BCUT2D eigenvalue weighted by atomic mass is 9.85. The number of hydrogen-bond donors (Lipinski definition) is 2. The quantitative estimate of drug-likeness (QED) is 0.799. The summed E-state index contributed by atoms with van der Waals surface area (Å²) >= 11 is 0. The Morgan fingerprint density at radius 2 is 1.82 bits per heavy atom. The molecule has 0 saturated heterocycles. The molecule has 1 aromatic rings. The Morgan fingerprint density at radius 1 is 1.18 bits per heavy atom. The van der Waals surface area contributed by atoms with Gasteiger partial charge in [0, 0.05) is 12.6 Å². The second-order valence-corrected chi connectivity index (χ2v) is 7.03. The SMILES string of the molecule is CC(C)CC(CNC1CCC(C(=O)O)CC1)c1ccccc1. The maximum atomic E-state index is 11.0. The fraction of sp³-hybridized carbons (Fsp3) is 0.632. The van der Waals surface area contributed by atoms with Gasteiger partial charge in [0.25, 0.3) is 0 Å². The molecular formula is C19H29NO2. The van der Waals surface area contributed by atoms with Crippen LogP contribution >= 0.6 is 0 Å². The van der Waals surface area contributed by atoms with E-state index >= 15 is 0 Å². The molecule has 1 aliphatic rings. The highest BCUT2D eigenvalue weighted by Gasteiger charge is 2.26. The lowest BCUT2D eigenvalue weighted by Crippen LogP contribution is -2.37. The van der Waals surface area contributed by atoms with Crippen LogP contribution in [0.2, 0.25) is 0 Å². The molecule has 0 amide bonds. The van der Waals surface area contributed by atoms with Crippen molar-refractivity contribution in [1.29, 1.82) is 0 Å². The summed E-state index contributed by atoms with van der Waals surface area (Å²) in [7, 11) is 0. The predicted molar refractivity (Wildman–Crippen MR) is 90.0 cm³/mol. The number of benzene rings is 1. The minimum Gasteiger partial charge on any atom is -0.481 e. The first-order chi connectivity index (χ1) is 10.6. The van der Waals surface area contributed by atoms with Crippen molar-refractivity contribution in [3.8, 4) is 0 Å². The van der Waals surface area contributed by atoms with Gasteiger partial charge in [-0.2, -0.15) is 0 Å². The molecule has 0 heterocycles. The highest BCUT2D eigenvalue weighted by atomic mass is 16.4. The normalized spacial score (nSPS) is 23.4. The summed E-state index contributed by atoms with van der Waals surface area (Å²) in [5, 5.41) is 12.8. The van der Waals surface area contributed by atoms with Crippen molar-refractivity contribution in [1.82, 2.24) is 5.32 Å². The monoisotopic (exact) mass is 303 g/mol. The summed E-state index contributed by atoms with van der Waals surface area (Å²) in [6.45, 7) is 5.53. The van der Waals surface area contributed by atoms with Gasteiger partial charge in [0.2, 0.25) is 0 Å². The molecule has 2 N–H and O–H groups in total. The predicted octanol–water partition coefficient (Wildman–Crippen LogP) is 4.05. The number of nitrogens with one attached hydrogen (secondary N) is 1. The molecule has 1 fully saturated rings. The maximum absolute atomic E-state index is 11.0. The first-order valence-corrected chi connectivity index (χ1v) is 8.57. The Labute approximate surface area is 134 Å². The van der Waals surface area contributed by atoms with Crippen LogP contribution in [0.3, 0.4) is 0 Å². The van der Waals surface area contributed by atoms with E-state index in [4.69, 9.17) is 5.11 Å². The van der Waals surface area contributed by atoms with Crippen molar-refractivity contribution in [2.24, 2.45) is 11.8 Å². The van der Waals surface area contributed by atoms with Crippen LogP contribution in [-0.4, -0.2) is 23.7 Å². The third kappa shape index (κ3) is 5.13. The van der Waals surface area contributed by atoms with Crippen LogP contribution in [0.5, 0.6) is 0 Å². The van der Waals surface area contributed by atoms with Gasteiger partial charge in [-0.1, -0.05) is 44.2 Å². The summed E-state index contributed by atoms with van der Waals surface area (Å²) < 4.78 is 0. The van der Waals surface area contributed by atoms with E-state index in [9.17, 15) is 4.79 Å². The Bertz CT molecular complexity index is 450. The van der Waals surface area contributed by atoms with Crippen molar-refractivity contribution in [3.63, 3.8) is 0 Å². The summed E-state index contributed by atoms with van der Waals surface area (Å²) in [6, 6.07) is 11.2. The molecule has 3 heteroatoms. The number of aliphatic carboxylic acids is 1. The number of carboxylic acids is 1. The second kappa shape index (κ2) is 8.33. The molecule has 122 valence electrons. The third-order valence-corrected chi connectivity index (χ3v) is 4.76. The topological polar surface area (TPSA) is 49.3 Å². The zero-order valence-electron chi connectivity index (χ0n) is 13.8. The van der Waals surface area contributed by atoms with E-state index < -0.39 is 5.97 Å². The van der Waals surface area contributed by atoms with E-state index in [1.165, 1.54) is 12.0 Å². The maximum Gasteiger partial charge on any atom is 0.306 e. The van der Waals surface area contributed by atoms with Crippen molar-refractivity contribution in [2.45, 2.75) is 57.9 Å². The van der Waals surface area contributed by atoms with Gasteiger partial charge >= 0.3 is 5.97 Å². The summed E-state index contributed by atoms with van der Waals surface area (Å²) in [5.74, 6) is 0.465. The number of carboxylic acid groups (broad SMARTS) is 1. The number of hydrogen-bond acceptors (Lipinski definition) is 2. The third-order valence-electron chi connectivity index (χ3n) is 4.76. The van der Waals surface area contributed by atoms with Crippen molar-refractivity contribution in [2.75, 3.05) is 6.54 Å². The average Bonchev–Trinajstić information content (AvgIpc) is 2.52. The molecule has 22 heavy (non-hydrogen) atoms. The van der Waals surface area contributed by atoms with Gasteiger partial charge in [-0.15, -0.1) is 0 Å². The molecule has 0 radical (unpaired) electrons. The lowest BCUT2D eigenvalue weighted by molar-refractivity contribution is -0.142. The van der Waals surface area contributed by atoms with Crippen LogP contribution in [0.4, 0.5) is 0 Å². The van der Waals surface area contributed by atoms with E-state index in [2.05, 4.69) is 49.5 Å². The van der Waals surface area contributed by atoms with Gasteiger partial charge in [-0.05, 0) is 49.5 Å². The molecular weight excluding hydrogens is 274 g/mol. The molecule has 3 nitrogen and oxygen atoms in total. The summed E-state index contributed by atoms with van der Waals surface area (Å²) in [5.41, 5.74) is 1.41. The first kappa shape index (κ1) is 17.0. The van der Waals surface area contributed by atoms with Gasteiger partial charge in [0.05, 0.1) is 5.92 Å². The molecule has 1 aromatic carbocycles. The van der Waals surface area contributed by atoms with Crippen LogP contribution in [-0.2, 0) is 4.79 Å². The highest BCUT2D eigenvalue weighted by Crippen LogP contribution is 2.27. The van der Waals surface area contributed by atoms with E-state index in [1.54, 1.807) is 0 Å². The van der Waals surface area contributed by atoms with Gasteiger partial charge in [-0.25, -0.2) is 0 Å². The minimum absolute atomic E-state index is 0.126. The van der Waals surface area contributed by atoms with Gasteiger partial charge in [-0.3, -0.25) is 4.79 Å². The minimum atomic E-state index is -0.625. The number of carbonyl (C=O) groups is 1. The van der Waals surface area contributed by atoms with E-state index in [0.717, 1.165) is 32.2 Å². The Hall–Kier alpha value is -1.35. The lowest BCUT2D eigenvalue weighted by Gasteiger charge is -2.29. The summed E-state index contributed by atoms with van der Waals surface area (Å²) in [6.07, 6.45) is 4.78. The Balaban J connectivity index is 1.85. The zero-order valence-corrected chi connectivity index (χ0v) is 13.8. The summed E-state index contributed by atoms with van der Waals surface area (Å²) in [4.78, 5) is 11.0. The fourth-order valence-corrected chi connectivity index (χ4v) is 3.48. The van der Waals surface area contributed by atoms with E-state index in [1.807, 2.05) is 0 Å². The smallest absolute Gasteiger partial charge is 0.306 e. The van der Waals surface area contributed by atoms with Gasteiger partial charge < -0.3 is 10.4 Å². The molecule has 2 rings (SSSR count). The van der Waals surface area contributed by atoms with Crippen LogP contribution in [0.15, 0.2) is 30.3 Å². The largest absolute Gasteiger partial charge is 0.481 e. The van der Waals surface area contributed by atoms with Gasteiger partial charge in [0.1, 0.15) is 0 Å². The Kier molecular flexibility index (Phi) is 6.44. The molecule has 0 spiro atoms. The van der Waals surface area contributed by atoms with E-state index in [0.29, 0.717) is 17.9 Å². The number of rotatable bonds is 7. The first-order valence-electron chi connectivity index (χ1n) is 8.57. The van der Waals surface area contributed by atoms with Gasteiger partial charge in [0.15, 0.2) is 0 Å². The molecule has 1 unspecified atom stereocenters. The molecule has 0 bridgehead atoms. The standard InChI is InChI=1S/C19H29NO2/c1-14(2)12-17(15-6-4-3-5-7-15)13-20-18-10-8-16(9-11-18)19(21)22/h3-7,14,16-18,20H,8-13H2,1-2H3,(H,21,22). The van der Waals surface area contributed by atoms with Crippen LogP contribution in [0.1, 0.15) is 57.4 Å². The molecule has 1 saturated carbocycles. The van der Waals surface area contributed by atoms with Crippen molar-refractivity contribution in [3.05, 3.63) is 35.9 Å². The van der Waals surface area contributed by atoms with Crippen LogP contribution in [0, 0.1) is 11.8 Å². The van der Waals surface area contributed by atoms with Crippen molar-refractivity contribution < 1.29 is 9.90 Å². The van der Waals surface area contributed by atoms with Crippen LogP contribution < -0.4 is 5.32 Å². The molecule has 1 atom stereocenters. The van der Waals surface area contributed by atoms with E-state index in [-0.39, 0.29) is 5.92 Å². The molecule has 0 aromatic heterocycles. The molecule has 1 aliphatic carbocycles. The van der Waals surface area contributed by atoms with Crippen molar-refractivity contribution >= 4 is 5.97 Å². The second-order valence-electron chi connectivity index (χ2n) is 7.03. The average molecular weight is 303 g/mol. The highest BCUT2D eigenvalue weighted by molar-refractivity contribution is 5.70.